The first-order valence-electron chi connectivity index (χ1n) is 7.93. The van der Waals surface area contributed by atoms with Gasteiger partial charge in [0, 0.05) is 26.2 Å². The third kappa shape index (κ3) is 7.10. The molecule has 0 bridgehead atoms. The summed E-state index contributed by atoms with van der Waals surface area (Å²) in [4.78, 5) is 13.9. The van der Waals surface area contributed by atoms with Crippen molar-refractivity contribution < 1.29 is 14.6 Å². The zero-order valence-electron chi connectivity index (χ0n) is 12.9. The molecule has 1 aliphatic heterocycles. The highest BCUT2D eigenvalue weighted by Gasteiger charge is 2.21. The number of aliphatic hydroxyl groups is 1. The second-order valence-corrected chi connectivity index (χ2v) is 5.94. The minimum Gasteiger partial charge on any atom is -0.430 e. The fraction of sp³-hybridized carbons (Fsp3) is 0.933. The molecule has 1 amide bonds. The van der Waals surface area contributed by atoms with Gasteiger partial charge in [0.25, 0.3) is 0 Å². The van der Waals surface area contributed by atoms with Gasteiger partial charge in [-0.25, -0.2) is 4.79 Å². The van der Waals surface area contributed by atoms with Crippen LogP contribution in [-0.4, -0.2) is 48.6 Å². The molecule has 2 N–H and O–H groups in total. The van der Waals surface area contributed by atoms with Crippen LogP contribution in [0.15, 0.2) is 0 Å². The van der Waals surface area contributed by atoms with Crippen LogP contribution in [0, 0.1) is 5.92 Å². The molecule has 1 saturated heterocycles. The number of nitrogens with one attached hydrogen (secondary N) is 1. The van der Waals surface area contributed by atoms with Crippen LogP contribution < -0.4 is 5.32 Å². The van der Waals surface area contributed by atoms with Crippen molar-refractivity contribution in [1.82, 2.24) is 10.2 Å². The van der Waals surface area contributed by atoms with Gasteiger partial charge < -0.3 is 14.7 Å². The van der Waals surface area contributed by atoms with Crippen molar-refractivity contribution in [3.8, 4) is 0 Å². The minimum atomic E-state index is -0.238. The van der Waals surface area contributed by atoms with Crippen molar-refractivity contribution in [1.29, 1.82) is 0 Å². The van der Waals surface area contributed by atoms with Crippen LogP contribution >= 0.6 is 0 Å². The highest BCUT2D eigenvalue weighted by molar-refractivity contribution is 5.67. The second-order valence-electron chi connectivity index (χ2n) is 5.94. The summed E-state index contributed by atoms with van der Waals surface area (Å²) in [6.45, 7) is 6.90. The van der Waals surface area contributed by atoms with E-state index in [4.69, 9.17) is 9.84 Å². The van der Waals surface area contributed by atoms with Gasteiger partial charge in [0.2, 0.25) is 0 Å². The number of hydrogen-bond acceptors (Lipinski definition) is 4. The molecular formula is C15H30N2O3. The summed E-state index contributed by atoms with van der Waals surface area (Å²) in [5.74, 6) is 0.518. The van der Waals surface area contributed by atoms with Gasteiger partial charge in [0.1, 0.15) is 0 Å². The molecule has 1 aliphatic rings. The van der Waals surface area contributed by atoms with Gasteiger partial charge in [-0.05, 0) is 44.4 Å². The van der Waals surface area contributed by atoms with E-state index in [9.17, 15) is 4.79 Å². The standard InChI is InChI=1S/C15H30N2O3/c1-13(2)12-16-14(8-4-7-11-18)20-15(19)17-9-5-3-6-10-17/h13-14,16,18H,3-12H2,1-2H3. The van der Waals surface area contributed by atoms with Crippen LogP contribution in [-0.2, 0) is 4.74 Å². The highest BCUT2D eigenvalue weighted by Crippen LogP contribution is 2.12. The van der Waals surface area contributed by atoms with Crippen molar-refractivity contribution in [2.45, 2.75) is 58.6 Å². The number of likely N-dealkylation sites (tertiary alicyclic amines) is 1. The Balaban J connectivity index is 2.37. The molecule has 1 heterocycles. The molecule has 20 heavy (non-hydrogen) atoms. The van der Waals surface area contributed by atoms with Crippen LogP contribution in [0.2, 0.25) is 0 Å². The number of nitrogens with zero attached hydrogens (tertiary/aromatic N) is 1. The second kappa shape index (κ2) is 10.00. The van der Waals surface area contributed by atoms with Crippen LogP contribution in [0.25, 0.3) is 0 Å². The van der Waals surface area contributed by atoms with Crippen LogP contribution in [0.1, 0.15) is 52.4 Å². The third-order valence-corrected chi connectivity index (χ3v) is 3.49. The largest absolute Gasteiger partial charge is 0.430 e. The van der Waals surface area contributed by atoms with Crippen molar-refractivity contribution in [3.05, 3.63) is 0 Å². The van der Waals surface area contributed by atoms with E-state index >= 15 is 0 Å². The monoisotopic (exact) mass is 286 g/mol. The Kier molecular flexibility index (Phi) is 8.62. The number of unbranched alkanes of at least 4 members (excludes halogenated alkanes) is 1. The molecule has 0 aromatic carbocycles. The molecule has 0 aromatic heterocycles. The molecule has 118 valence electrons. The Morgan fingerprint density at radius 2 is 1.95 bits per heavy atom. The fourth-order valence-electron chi connectivity index (χ4n) is 2.28. The summed E-state index contributed by atoms with van der Waals surface area (Å²) in [5.41, 5.74) is 0. The van der Waals surface area contributed by atoms with Crippen LogP contribution in [0.4, 0.5) is 4.79 Å². The summed E-state index contributed by atoms with van der Waals surface area (Å²) in [5, 5.41) is 12.1. The zero-order chi connectivity index (χ0) is 14.8. The molecule has 1 unspecified atom stereocenters. The molecule has 1 fully saturated rings. The van der Waals surface area contributed by atoms with Gasteiger partial charge >= 0.3 is 6.09 Å². The summed E-state index contributed by atoms with van der Waals surface area (Å²) >= 11 is 0. The van der Waals surface area contributed by atoms with Crippen molar-refractivity contribution in [2.75, 3.05) is 26.2 Å². The average molecular weight is 286 g/mol. The topological polar surface area (TPSA) is 61.8 Å². The quantitative estimate of drug-likeness (QED) is 0.531. The Bertz CT molecular complexity index is 266. The molecule has 0 saturated carbocycles. The molecule has 1 rings (SSSR count). The predicted octanol–water partition coefficient (Wildman–Crippen LogP) is 2.34. The molecule has 0 radical (unpaired) electrons. The van der Waals surface area contributed by atoms with E-state index in [2.05, 4.69) is 19.2 Å². The minimum absolute atomic E-state index is 0.191. The summed E-state index contributed by atoms with van der Waals surface area (Å²) in [6, 6.07) is 0. The zero-order valence-corrected chi connectivity index (χ0v) is 12.9. The van der Waals surface area contributed by atoms with Gasteiger partial charge in [0.15, 0.2) is 6.23 Å². The van der Waals surface area contributed by atoms with Crippen LogP contribution in [0.5, 0.6) is 0 Å². The highest BCUT2D eigenvalue weighted by atomic mass is 16.6. The van der Waals surface area contributed by atoms with E-state index in [1.165, 1.54) is 6.42 Å². The van der Waals surface area contributed by atoms with Crippen LogP contribution in [0.3, 0.4) is 0 Å². The lowest BCUT2D eigenvalue weighted by Gasteiger charge is -2.29. The van der Waals surface area contributed by atoms with E-state index in [1.54, 1.807) is 4.90 Å². The van der Waals surface area contributed by atoms with Gasteiger partial charge in [-0.2, -0.15) is 0 Å². The number of aliphatic hydroxyl groups excluding tert-OH is 1. The number of ether oxygens (including phenoxy) is 1. The normalized spacial score (nSPS) is 17.3. The molecular weight excluding hydrogens is 256 g/mol. The third-order valence-electron chi connectivity index (χ3n) is 3.49. The van der Waals surface area contributed by atoms with Gasteiger partial charge in [-0.3, -0.25) is 5.32 Å². The smallest absolute Gasteiger partial charge is 0.411 e. The lowest BCUT2D eigenvalue weighted by atomic mass is 10.1. The van der Waals surface area contributed by atoms with Crippen molar-refractivity contribution in [3.63, 3.8) is 0 Å². The van der Waals surface area contributed by atoms with E-state index in [-0.39, 0.29) is 18.9 Å². The lowest BCUT2D eigenvalue weighted by molar-refractivity contribution is 0.0360. The number of amides is 1. The molecule has 0 aliphatic carbocycles. The maximum absolute atomic E-state index is 12.1. The average Bonchev–Trinajstić information content (AvgIpc) is 2.45. The lowest BCUT2D eigenvalue weighted by Crippen LogP contribution is -2.42. The first-order valence-corrected chi connectivity index (χ1v) is 7.93. The summed E-state index contributed by atoms with van der Waals surface area (Å²) < 4.78 is 5.58. The summed E-state index contributed by atoms with van der Waals surface area (Å²) in [7, 11) is 0. The SMILES string of the molecule is CC(C)CNC(CCCCO)OC(=O)N1CCCCC1. The van der Waals surface area contributed by atoms with Crippen molar-refractivity contribution in [2.24, 2.45) is 5.92 Å². The van der Waals surface area contributed by atoms with Gasteiger partial charge in [0.05, 0.1) is 0 Å². The van der Waals surface area contributed by atoms with E-state index in [0.29, 0.717) is 5.92 Å². The Morgan fingerprint density at radius 3 is 2.55 bits per heavy atom. The maximum atomic E-state index is 12.1. The Hall–Kier alpha value is -0.810. The van der Waals surface area contributed by atoms with Gasteiger partial charge in [-0.15, -0.1) is 0 Å². The maximum Gasteiger partial charge on any atom is 0.411 e. The fourth-order valence-corrected chi connectivity index (χ4v) is 2.28. The summed E-state index contributed by atoms with van der Waals surface area (Å²) in [6.07, 6.45) is 5.28. The molecule has 0 spiro atoms. The Labute approximate surface area is 122 Å². The Morgan fingerprint density at radius 1 is 1.25 bits per heavy atom. The number of hydrogen-bond donors (Lipinski definition) is 2. The molecule has 0 aromatic rings. The van der Waals surface area contributed by atoms with E-state index < -0.39 is 0 Å². The number of carbonyl (C=O) groups excluding carboxylic acids is 1. The van der Waals surface area contributed by atoms with E-state index in [0.717, 1.165) is 51.7 Å². The number of carbonyl (C=O) groups is 1. The van der Waals surface area contributed by atoms with Gasteiger partial charge in [-0.1, -0.05) is 13.8 Å². The van der Waals surface area contributed by atoms with Crippen molar-refractivity contribution >= 4 is 6.09 Å². The van der Waals surface area contributed by atoms with E-state index in [1.807, 2.05) is 0 Å². The predicted molar refractivity (Wildman–Crippen MR) is 79.5 cm³/mol. The first-order chi connectivity index (χ1) is 9.63. The molecule has 1 atom stereocenters. The molecule has 5 nitrogen and oxygen atoms in total. The number of rotatable bonds is 8. The first kappa shape index (κ1) is 17.2. The number of piperidine rings is 1. The molecule has 5 heteroatoms.